The third kappa shape index (κ3) is 2.34. The highest BCUT2D eigenvalue weighted by molar-refractivity contribution is 5.12. The van der Waals surface area contributed by atoms with Gasteiger partial charge in [0.25, 0.3) is 0 Å². The van der Waals surface area contributed by atoms with Gasteiger partial charge in [0.15, 0.2) is 0 Å². The lowest BCUT2D eigenvalue weighted by Gasteiger charge is -2.46. The zero-order valence-corrected chi connectivity index (χ0v) is 12.5. The van der Waals surface area contributed by atoms with Gasteiger partial charge in [-0.3, -0.25) is 0 Å². The highest BCUT2D eigenvalue weighted by Gasteiger charge is 2.45. The zero-order chi connectivity index (χ0) is 13.5. The van der Waals surface area contributed by atoms with Crippen molar-refractivity contribution in [1.82, 2.24) is 10.6 Å². The van der Waals surface area contributed by atoms with Crippen molar-refractivity contribution in [2.24, 2.45) is 5.41 Å². The molecule has 3 heterocycles. The van der Waals surface area contributed by atoms with Crippen LogP contribution in [0.2, 0.25) is 0 Å². The summed E-state index contributed by atoms with van der Waals surface area (Å²) in [5.41, 5.74) is 0.729. The topological polar surface area (TPSA) is 33.3 Å². The summed E-state index contributed by atoms with van der Waals surface area (Å²) in [6.07, 6.45) is 15.2. The summed E-state index contributed by atoms with van der Waals surface area (Å²) in [5, 5.41) is 7.57. The summed E-state index contributed by atoms with van der Waals surface area (Å²) in [5.74, 6) is 0. The van der Waals surface area contributed by atoms with Crippen LogP contribution in [0.5, 0.6) is 0 Å². The Morgan fingerprint density at radius 2 is 1.80 bits per heavy atom. The molecule has 4 atom stereocenters. The number of ether oxygens (including phenoxy) is 1. The minimum absolute atomic E-state index is 0.216. The van der Waals surface area contributed by atoms with Crippen LogP contribution in [-0.4, -0.2) is 37.4 Å². The minimum atomic E-state index is 0.216. The highest BCUT2D eigenvalue weighted by Crippen LogP contribution is 2.44. The molecular weight excluding hydrogens is 248 g/mol. The fraction of sp³-hybridized carbons (Fsp3) is 0.882. The standard InChI is InChI=1S/C17H28N2O/c1-2-5-16(4-1)7-9-18-14(12-16)15-13-17(8-10-19-15)6-3-11-20-17/h1,4,14-15,18-19H,2-3,5-13H2. The van der Waals surface area contributed by atoms with E-state index in [9.17, 15) is 0 Å². The van der Waals surface area contributed by atoms with Crippen molar-refractivity contribution in [2.45, 2.75) is 69.1 Å². The molecule has 112 valence electrons. The first-order valence-electron chi connectivity index (χ1n) is 8.58. The molecule has 0 amide bonds. The van der Waals surface area contributed by atoms with E-state index < -0.39 is 0 Å². The van der Waals surface area contributed by atoms with Crippen molar-refractivity contribution in [3.05, 3.63) is 12.2 Å². The molecule has 2 N–H and O–H groups in total. The van der Waals surface area contributed by atoms with Crippen molar-refractivity contribution in [3.8, 4) is 0 Å². The lowest BCUT2D eigenvalue weighted by molar-refractivity contribution is -0.0376. The number of nitrogens with one attached hydrogen (secondary N) is 2. The summed E-state index contributed by atoms with van der Waals surface area (Å²) in [7, 11) is 0. The number of hydrogen-bond acceptors (Lipinski definition) is 3. The molecular formula is C17H28N2O. The van der Waals surface area contributed by atoms with Crippen LogP contribution in [0, 0.1) is 5.41 Å². The molecule has 3 fully saturated rings. The van der Waals surface area contributed by atoms with E-state index in [2.05, 4.69) is 22.8 Å². The van der Waals surface area contributed by atoms with Crippen LogP contribution in [0.25, 0.3) is 0 Å². The smallest absolute Gasteiger partial charge is 0.0710 e. The van der Waals surface area contributed by atoms with Crippen LogP contribution < -0.4 is 10.6 Å². The van der Waals surface area contributed by atoms with E-state index >= 15 is 0 Å². The molecule has 3 saturated heterocycles. The van der Waals surface area contributed by atoms with Gasteiger partial charge in [0.05, 0.1) is 5.60 Å². The average Bonchev–Trinajstić information content (AvgIpc) is 3.10. The SMILES string of the molecule is C1=CC2(CC1)CCNC(C1CC3(CCCO3)CCN1)C2. The van der Waals surface area contributed by atoms with Crippen LogP contribution in [0.15, 0.2) is 12.2 Å². The van der Waals surface area contributed by atoms with Crippen LogP contribution >= 0.6 is 0 Å². The maximum Gasteiger partial charge on any atom is 0.0710 e. The molecule has 0 bridgehead atoms. The van der Waals surface area contributed by atoms with E-state index in [-0.39, 0.29) is 5.60 Å². The van der Waals surface area contributed by atoms with E-state index in [0.717, 1.165) is 13.2 Å². The van der Waals surface area contributed by atoms with Crippen LogP contribution in [0.3, 0.4) is 0 Å². The van der Waals surface area contributed by atoms with E-state index in [1.54, 1.807) is 0 Å². The van der Waals surface area contributed by atoms with Crippen LogP contribution in [0.1, 0.15) is 51.4 Å². The van der Waals surface area contributed by atoms with E-state index in [0.29, 0.717) is 17.5 Å². The second kappa shape index (κ2) is 5.11. The number of rotatable bonds is 1. The lowest BCUT2D eigenvalue weighted by Crippen LogP contribution is -2.59. The van der Waals surface area contributed by atoms with Gasteiger partial charge in [-0.05, 0) is 69.9 Å². The number of hydrogen-bond donors (Lipinski definition) is 2. The van der Waals surface area contributed by atoms with E-state index in [1.165, 1.54) is 57.9 Å². The minimum Gasteiger partial charge on any atom is -0.375 e. The van der Waals surface area contributed by atoms with Crippen molar-refractivity contribution in [1.29, 1.82) is 0 Å². The third-order valence-corrected chi connectivity index (χ3v) is 6.19. The van der Waals surface area contributed by atoms with Gasteiger partial charge in [0.2, 0.25) is 0 Å². The predicted octanol–water partition coefficient (Wildman–Crippen LogP) is 2.38. The molecule has 0 aromatic carbocycles. The van der Waals surface area contributed by atoms with Gasteiger partial charge in [0.1, 0.15) is 0 Å². The molecule has 3 heteroatoms. The molecule has 4 unspecified atom stereocenters. The fourth-order valence-corrected chi connectivity index (χ4v) is 5.03. The molecule has 0 aromatic rings. The molecule has 4 aliphatic rings. The quantitative estimate of drug-likeness (QED) is 0.721. The molecule has 1 aliphatic carbocycles. The number of piperidine rings is 2. The second-order valence-corrected chi connectivity index (χ2v) is 7.47. The Kier molecular flexibility index (Phi) is 3.40. The maximum atomic E-state index is 6.14. The summed E-state index contributed by atoms with van der Waals surface area (Å²) < 4.78 is 6.14. The first kappa shape index (κ1) is 13.3. The fourth-order valence-electron chi connectivity index (χ4n) is 5.03. The summed E-state index contributed by atoms with van der Waals surface area (Å²) in [6, 6.07) is 1.24. The van der Waals surface area contributed by atoms with Crippen molar-refractivity contribution in [2.75, 3.05) is 19.7 Å². The summed E-state index contributed by atoms with van der Waals surface area (Å²) >= 11 is 0. The molecule has 20 heavy (non-hydrogen) atoms. The third-order valence-electron chi connectivity index (χ3n) is 6.19. The summed E-state index contributed by atoms with van der Waals surface area (Å²) in [6.45, 7) is 3.30. The Bertz CT molecular complexity index is 388. The molecule has 0 saturated carbocycles. The Balaban J connectivity index is 1.45. The molecule has 0 radical (unpaired) electrons. The Morgan fingerprint density at radius 3 is 2.55 bits per heavy atom. The normalized spacial score (nSPS) is 48.4. The average molecular weight is 276 g/mol. The monoisotopic (exact) mass is 276 g/mol. The Hall–Kier alpha value is -0.380. The van der Waals surface area contributed by atoms with E-state index in [4.69, 9.17) is 4.74 Å². The van der Waals surface area contributed by atoms with E-state index in [1.807, 2.05) is 0 Å². The van der Waals surface area contributed by atoms with Gasteiger partial charge in [0, 0.05) is 18.7 Å². The molecule has 3 nitrogen and oxygen atoms in total. The zero-order valence-electron chi connectivity index (χ0n) is 12.5. The molecule has 2 spiro atoms. The summed E-state index contributed by atoms with van der Waals surface area (Å²) in [4.78, 5) is 0. The Morgan fingerprint density at radius 1 is 0.950 bits per heavy atom. The van der Waals surface area contributed by atoms with Gasteiger partial charge < -0.3 is 15.4 Å². The predicted molar refractivity (Wildman–Crippen MR) is 80.8 cm³/mol. The molecule has 3 aliphatic heterocycles. The Labute approximate surface area is 122 Å². The van der Waals surface area contributed by atoms with Crippen LogP contribution in [-0.2, 0) is 4.74 Å². The second-order valence-electron chi connectivity index (χ2n) is 7.47. The van der Waals surface area contributed by atoms with Crippen molar-refractivity contribution in [3.63, 3.8) is 0 Å². The largest absolute Gasteiger partial charge is 0.375 e. The van der Waals surface area contributed by atoms with Gasteiger partial charge in [-0.2, -0.15) is 0 Å². The first-order chi connectivity index (χ1) is 9.79. The number of allylic oxidation sites excluding steroid dienone is 2. The molecule has 0 aromatic heterocycles. The van der Waals surface area contributed by atoms with Crippen molar-refractivity contribution < 1.29 is 4.74 Å². The first-order valence-corrected chi connectivity index (χ1v) is 8.58. The van der Waals surface area contributed by atoms with Gasteiger partial charge in [-0.15, -0.1) is 0 Å². The maximum absolute atomic E-state index is 6.14. The lowest BCUT2D eigenvalue weighted by atomic mass is 9.72. The van der Waals surface area contributed by atoms with Gasteiger partial charge in [-0.1, -0.05) is 12.2 Å². The van der Waals surface area contributed by atoms with Crippen LogP contribution in [0.4, 0.5) is 0 Å². The van der Waals surface area contributed by atoms with Gasteiger partial charge >= 0.3 is 0 Å². The van der Waals surface area contributed by atoms with Crippen molar-refractivity contribution >= 4 is 0 Å². The highest BCUT2D eigenvalue weighted by atomic mass is 16.5. The molecule has 4 rings (SSSR count). The van der Waals surface area contributed by atoms with Gasteiger partial charge in [-0.25, -0.2) is 0 Å².